The van der Waals surface area contributed by atoms with E-state index in [0.717, 1.165) is 17.2 Å². The Bertz CT molecular complexity index is 522. The molecule has 1 fully saturated rings. The second-order valence-corrected chi connectivity index (χ2v) is 7.41. The molecule has 23 heavy (non-hydrogen) atoms. The number of ether oxygens (including phenoxy) is 1. The van der Waals surface area contributed by atoms with Crippen LogP contribution in [0.5, 0.6) is 0 Å². The number of carbonyl (C=O) groups is 1. The SMILES string of the molecule is CCC1CCCC1Nc1cccc(CNC(=O)OC(C)(C)C)c1. The van der Waals surface area contributed by atoms with E-state index in [4.69, 9.17) is 4.74 Å². The number of hydrogen-bond donors (Lipinski definition) is 2. The van der Waals surface area contributed by atoms with Gasteiger partial charge >= 0.3 is 6.09 Å². The first-order valence-corrected chi connectivity index (χ1v) is 8.69. The van der Waals surface area contributed by atoms with Crippen LogP contribution in [0.25, 0.3) is 0 Å². The fourth-order valence-corrected chi connectivity index (χ4v) is 3.19. The zero-order valence-electron chi connectivity index (χ0n) is 14.8. The molecule has 0 saturated heterocycles. The zero-order chi connectivity index (χ0) is 16.9. The molecule has 2 unspecified atom stereocenters. The smallest absolute Gasteiger partial charge is 0.407 e. The Balaban J connectivity index is 1.88. The quantitative estimate of drug-likeness (QED) is 0.827. The van der Waals surface area contributed by atoms with E-state index < -0.39 is 5.60 Å². The molecule has 1 aromatic carbocycles. The molecule has 2 N–H and O–H groups in total. The van der Waals surface area contributed by atoms with E-state index in [0.29, 0.717) is 12.6 Å². The first-order chi connectivity index (χ1) is 10.9. The Labute approximate surface area is 140 Å². The predicted molar refractivity (Wildman–Crippen MR) is 94.6 cm³/mol. The van der Waals surface area contributed by atoms with E-state index in [1.165, 1.54) is 25.7 Å². The lowest BCUT2D eigenvalue weighted by Crippen LogP contribution is -2.32. The minimum absolute atomic E-state index is 0.377. The molecule has 1 saturated carbocycles. The predicted octanol–water partition coefficient (Wildman–Crippen LogP) is 4.70. The van der Waals surface area contributed by atoms with Gasteiger partial charge in [-0.15, -0.1) is 0 Å². The second kappa shape index (κ2) is 7.71. The molecule has 1 aliphatic carbocycles. The lowest BCUT2D eigenvalue weighted by atomic mass is 10.0. The van der Waals surface area contributed by atoms with E-state index in [1.807, 2.05) is 32.9 Å². The molecule has 4 heteroatoms. The Morgan fingerprint density at radius 1 is 1.30 bits per heavy atom. The Morgan fingerprint density at radius 3 is 2.78 bits per heavy atom. The van der Waals surface area contributed by atoms with Gasteiger partial charge in [-0.2, -0.15) is 0 Å². The maximum atomic E-state index is 11.7. The van der Waals surface area contributed by atoms with Gasteiger partial charge in [-0.25, -0.2) is 4.79 Å². The molecule has 2 rings (SSSR count). The molecule has 0 aromatic heterocycles. The molecule has 0 aliphatic heterocycles. The number of anilines is 1. The first kappa shape index (κ1) is 17.6. The molecule has 0 radical (unpaired) electrons. The number of nitrogens with one attached hydrogen (secondary N) is 2. The summed E-state index contributed by atoms with van der Waals surface area (Å²) in [5.41, 5.74) is 1.75. The van der Waals surface area contributed by atoms with Crippen molar-refractivity contribution in [1.29, 1.82) is 0 Å². The van der Waals surface area contributed by atoms with Crippen LogP contribution in [0.3, 0.4) is 0 Å². The van der Waals surface area contributed by atoms with Crippen molar-refractivity contribution in [2.24, 2.45) is 5.92 Å². The molecule has 0 bridgehead atoms. The Kier molecular flexibility index (Phi) is 5.91. The monoisotopic (exact) mass is 318 g/mol. The first-order valence-electron chi connectivity index (χ1n) is 8.69. The highest BCUT2D eigenvalue weighted by Gasteiger charge is 2.25. The highest BCUT2D eigenvalue weighted by atomic mass is 16.6. The van der Waals surface area contributed by atoms with Gasteiger partial charge in [0, 0.05) is 18.3 Å². The summed E-state index contributed by atoms with van der Waals surface area (Å²) in [6.45, 7) is 8.34. The summed E-state index contributed by atoms with van der Waals surface area (Å²) < 4.78 is 5.26. The molecule has 1 aliphatic rings. The Hall–Kier alpha value is -1.71. The maximum Gasteiger partial charge on any atom is 0.407 e. The molecule has 0 heterocycles. The average molecular weight is 318 g/mol. The van der Waals surface area contributed by atoms with E-state index in [1.54, 1.807) is 0 Å². The molecule has 0 spiro atoms. The highest BCUT2D eigenvalue weighted by molar-refractivity contribution is 5.67. The number of benzene rings is 1. The van der Waals surface area contributed by atoms with Gasteiger partial charge in [0.1, 0.15) is 5.60 Å². The van der Waals surface area contributed by atoms with Crippen molar-refractivity contribution in [1.82, 2.24) is 5.32 Å². The zero-order valence-corrected chi connectivity index (χ0v) is 14.8. The number of alkyl carbamates (subject to hydrolysis) is 1. The lowest BCUT2D eigenvalue weighted by Gasteiger charge is -2.21. The van der Waals surface area contributed by atoms with Crippen molar-refractivity contribution in [2.45, 2.75) is 71.6 Å². The van der Waals surface area contributed by atoms with Crippen LogP contribution >= 0.6 is 0 Å². The van der Waals surface area contributed by atoms with Crippen molar-refractivity contribution in [2.75, 3.05) is 5.32 Å². The minimum Gasteiger partial charge on any atom is -0.444 e. The van der Waals surface area contributed by atoms with E-state index >= 15 is 0 Å². The topological polar surface area (TPSA) is 50.4 Å². The maximum absolute atomic E-state index is 11.7. The third-order valence-electron chi connectivity index (χ3n) is 4.30. The average Bonchev–Trinajstić information content (AvgIpc) is 2.91. The highest BCUT2D eigenvalue weighted by Crippen LogP contribution is 2.30. The van der Waals surface area contributed by atoms with Crippen molar-refractivity contribution in [3.63, 3.8) is 0 Å². The van der Waals surface area contributed by atoms with Crippen LogP contribution in [0.4, 0.5) is 10.5 Å². The van der Waals surface area contributed by atoms with Gasteiger partial charge in [0.15, 0.2) is 0 Å². The number of hydrogen-bond acceptors (Lipinski definition) is 3. The summed E-state index contributed by atoms with van der Waals surface area (Å²) in [5.74, 6) is 0.776. The third-order valence-corrected chi connectivity index (χ3v) is 4.30. The second-order valence-electron chi connectivity index (χ2n) is 7.41. The van der Waals surface area contributed by atoms with E-state index in [-0.39, 0.29) is 6.09 Å². The molecular weight excluding hydrogens is 288 g/mol. The van der Waals surface area contributed by atoms with Crippen LogP contribution in [0.15, 0.2) is 24.3 Å². The summed E-state index contributed by atoms with van der Waals surface area (Å²) >= 11 is 0. The summed E-state index contributed by atoms with van der Waals surface area (Å²) in [5, 5.41) is 6.47. The van der Waals surface area contributed by atoms with E-state index in [9.17, 15) is 4.79 Å². The van der Waals surface area contributed by atoms with Crippen LogP contribution in [-0.4, -0.2) is 17.7 Å². The summed E-state index contributed by atoms with van der Waals surface area (Å²) in [6.07, 6.45) is 4.75. The molecular formula is C19H30N2O2. The fraction of sp³-hybridized carbons (Fsp3) is 0.632. The molecule has 2 atom stereocenters. The number of amides is 1. The van der Waals surface area contributed by atoms with Gasteiger partial charge in [-0.3, -0.25) is 0 Å². The summed E-state index contributed by atoms with van der Waals surface area (Å²) in [7, 11) is 0. The third kappa shape index (κ3) is 5.77. The fourth-order valence-electron chi connectivity index (χ4n) is 3.19. The van der Waals surface area contributed by atoms with Crippen LogP contribution in [0.1, 0.15) is 58.9 Å². The molecule has 4 nitrogen and oxygen atoms in total. The largest absolute Gasteiger partial charge is 0.444 e. The van der Waals surface area contributed by atoms with Crippen molar-refractivity contribution in [3.8, 4) is 0 Å². The van der Waals surface area contributed by atoms with Gasteiger partial charge in [0.05, 0.1) is 0 Å². The number of carbonyl (C=O) groups excluding carboxylic acids is 1. The van der Waals surface area contributed by atoms with Gasteiger partial charge in [0.2, 0.25) is 0 Å². The summed E-state index contributed by atoms with van der Waals surface area (Å²) in [6, 6.07) is 8.84. The van der Waals surface area contributed by atoms with Gasteiger partial charge in [0.25, 0.3) is 0 Å². The standard InChI is InChI=1S/C19H30N2O2/c1-5-15-9-7-11-17(15)21-16-10-6-8-14(12-16)13-20-18(22)23-19(2,3)4/h6,8,10,12,15,17,21H,5,7,9,11,13H2,1-4H3,(H,20,22). The van der Waals surface area contributed by atoms with Gasteiger partial charge < -0.3 is 15.4 Å². The van der Waals surface area contributed by atoms with Gasteiger partial charge in [-0.1, -0.05) is 31.9 Å². The molecule has 1 aromatic rings. The molecule has 128 valence electrons. The minimum atomic E-state index is -0.467. The van der Waals surface area contributed by atoms with Crippen molar-refractivity contribution in [3.05, 3.63) is 29.8 Å². The molecule has 1 amide bonds. The van der Waals surface area contributed by atoms with Crippen molar-refractivity contribution < 1.29 is 9.53 Å². The lowest BCUT2D eigenvalue weighted by molar-refractivity contribution is 0.0523. The number of rotatable bonds is 5. The van der Waals surface area contributed by atoms with Crippen LogP contribution in [0, 0.1) is 5.92 Å². The Morgan fingerprint density at radius 2 is 2.09 bits per heavy atom. The van der Waals surface area contributed by atoms with Crippen LogP contribution < -0.4 is 10.6 Å². The summed E-state index contributed by atoms with van der Waals surface area (Å²) in [4.78, 5) is 11.7. The van der Waals surface area contributed by atoms with Gasteiger partial charge in [-0.05, 0) is 57.2 Å². The van der Waals surface area contributed by atoms with Crippen LogP contribution in [0.2, 0.25) is 0 Å². The normalized spacial score (nSPS) is 21.0. The van der Waals surface area contributed by atoms with Crippen molar-refractivity contribution >= 4 is 11.8 Å². The van der Waals surface area contributed by atoms with Crippen LogP contribution in [-0.2, 0) is 11.3 Å². The van der Waals surface area contributed by atoms with E-state index in [2.05, 4.69) is 29.7 Å².